The second kappa shape index (κ2) is 11.0. The Labute approximate surface area is 224 Å². The highest BCUT2D eigenvalue weighted by Gasteiger charge is 2.36. The van der Waals surface area contributed by atoms with Crippen LogP contribution in [0.5, 0.6) is 0 Å². The van der Waals surface area contributed by atoms with Crippen LogP contribution in [0.3, 0.4) is 0 Å². The number of urea groups is 1. The number of nitrogens with one attached hydrogen (secondary N) is 1. The van der Waals surface area contributed by atoms with Gasteiger partial charge in [-0.15, -0.1) is 0 Å². The lowest BCUT2D eigenvalue weighted by atomic mass is 9.99. The molecule has 9 nitrogen and oxygen atoms in total. The third-order valence-electron chi connectivity index (χ3n) is 7.41. The fourth-order valence-electron chi connectivity index (χ4n) is 5.24. The van der Waals surface area contributed by atoms with E-state index < -0.39 is 30.7 Å². The first-order chi connectivity index (χ1) is 18.6. The number of benzene rings is 1. The van der Waals surface area contributed by atoms with Crippen molar-refractivity contribution < 1.29 is 32.6 Å². The van der Waals surface area contributed by atoms with Crippen LogP contribution < -0.4 is 10.2 Å². The molecule has 210 valence electrons. The molecule has 1 aromatic carbocycles. The lowest BCUT2D eigenvalue weighted by Gasteiger charge is -2.36. The first kappa shape index (κ1) is 27.2. The quantitative estimate of drug-likeness (QED) is 0.595. The minimum atomic E-state index is -4.25. The van der Waals surface area contributed by atoms with Crippen molar-refractivity contribution in [1.82, 2.24) is 14.8 Å². The number of nitrogens with zero attached hydrogens (tertiary/aromatic N) is 4. The third-order valence-corrected chi connectivity index (χ3v) is 7.41. The van der Waals surface area contributed by atoms with E-state index in [0.29, 0.717) is 44.2 Å². The van der Waals surface area contributed by atoms with Crippen molar-refractivity contribution in [1.29, 1.82) is 0 Å². The summed E-state index contributed by atoms with van der Waals surface area (Å²) in [5.74, 6) is -0.216. The average molecular weight is 548 g/mol. The van der Waals surface area contributed by atoms with Gasteiger partial charge in [-0.25, -0.2) is 9.78 Å². The molecule has 3 saturated heterocycles. The van der Waals surface area contributed by atoms with Gasteiger partial charge in [0.15, 0.2) is 0 Å². The number of pyridine rings is 1. The fourth-order valence-corrected chi connectivity index (χ4v) is 5.24. The Bertz CT molecular complexity index is 1230. The van der Waals surface area contributed by atoms with E-state index in [0.717, 1.165) is 16.7 Å². The standard InChI is InChI=1S/C27H32F3N5O4/c1-17-2-3-20(31-26(38)34-5-4-18(14-34)13-27(28,29)30)12-22(17)19-10-23(25(37)35-15-21(36)16-35)32-24(11-19)33-6-8-39-9-7-33/h2-3,10-12,18,21,36H,4-9,13-16H2,1H3,(H,31,38). The molecule has 2 aromatic rings. The highest BCUT2D eigenvalue weighted by molar-refractivity contribution is 5.95. The fraction of sp³-hybridized carbons (Fsp3) is 0.519. The summed E-state index contributed by atoms with van der Waals surface area (Å²) in [4.78, 5) is 35.6. The van der Waals surface area contributed by atoms with Crippen molar-refractivity contribution in [2.45, 2.75) is 32.0 Å². The number of β-amino-alcohol motifs (C(OH)–C–C–N with tert-alkyl or cyclic N) is 1. The molecule has 1 unspecified atom stereocenters. The van der Waals surface area contributed by atoms with Gasteiger partial charge in [0.2, 0.25) is 0 Å². The number of alkyl halides is 3. The smallest absolute Gasteiger partial charge is 0.389 e. The monoisotopic (exact) mass is 547 g/mol. The molecule has 3 aliphatic heterocycles. The zero-order valence-electron chi connectivity index (χ0n) is 21.7. The molecule has 5 rings (SSSR count). The maximum atomic E-state index is 13.1. The number of amides is 3. The number of anilines is 2. The van der Waals surface area contributed by atoms with Crippen molar-refractivity contribution in [3.8, 4) is 11.1 Å². The molecule has 0 spiro atoms. The number of halogens is 3. The number of hydrogen-bond acceptors (Lipinski definition) is 6. The largest absolute Gasteiger partial charge is 0.389 e. The van der Waals surface area contributed by atoms with Gasteiger partial charge in [0, 0.05) is 51.4 Å². The van der Waals surface area contributed by atoms with Crippen LogP contribution in [0.4, 0.5) is 29.5 Å². The lowest BCUT2D eigenvalue weighted by molar-refractivity contribution is -0.143. The molecule has 3 fully saturated rings. The summed E-state index contributed by atoms with van der Waals surface area (Å²) in [7, 11) is 0. The number of likely N-dealkylation sites (tertiary alicyclic amines) is 2. The van der Waals surface area contributed by atoms with E-state index >= 15 is 0 Å². The van der Waals surface area contributed by atoms with Gasteiger partial charge in [0.05, 0.1) is 19.3 Å². The van der Waals surface area contributed by atoms with Crippen molar-refractivity contribution >= 4 is 23.4 Å². The van der Waals surface area contributed by atoms with Crippen LogP contribution in [0.25, 0.3) is 11.1 Å². The number of carbonyl (C=O) groups excluding carboxylic acids is 2. The molecule has 3 aliphatic rings. The molecule has 3 amide bonds. The topological polar surface area (TPSA) is 98.2 Å². The summed E-state index contributed by atoms with van der Waals surface area (Å²) in [5, 5.41) is 12.5. The lowest BCUT2D eigenvalue weighted by Crippen LogP contribution is -2.53. The molecule has 1 atom stereocenters. The predicted molar refractivity (Wildman–Crippen MR) is 139 cm³/mol. The van der Waals surface area contributed by atoms with E-state index in [4.69, 9.17) is 4.74 Å². The van der Waals surface area contributed by atoms with Gasteiger partial charge in [-0.2, -0.15) is 13.2 Å². The van der Waals surface area contributed by atoms with E-state index in [1.807, 2.05) is 19.1 Å². The van der Waals surface area contributed by atoms with E-state index in [-0.39, 0.29) is 37.8 Å². The molecule has 12 heteroatoms. The zero-order valence-corrected chi connectivity index (χ0v) is 21.7. The molecule has 0 radical (unpaired) electrons. The normalized spacial score (nSPS) is 20.2. The number of hydrogen-bond donors (Lipinski definition) is 2. The van der Waals surface area contributed by atoms with Crippen LogP contribution in [0.15, 0.2) is 30.3 Å². The molecule has 0 aliphatic carbocycles. The number of ether oxygens (including phenoxy) is 1. The number of aliphatic hydroxyl groups excluding tert-OH is 1. The van der Waals surface area contributed by atoms with Gasteiger partial charge in [0.1, 0.15) is 11.5 Å². The maximum Gasteiger partial charge on any atom is 0.389 e. The zero-order chi connectivity index (χ0) is 27.7. The van der Waals surface area contributed by atoms with Crippen LogP contribution >= 0.6 is 0 Å². The van der Waals surface area contributed by atoms with E-state index in [9.17, 15) is 27.9 Å². The maximum absolute atomic E-state index is 13.1. The van der Waals surface area contributed by atoms with E-state index in [1.165, 1.54) is 4.90 Å². The summed E-state index contributed by atoms with van der Waals surface area (Å²) in [6, 6.07) is 8.58. The number of aliphatic hydroxyl groups is 1. The van der Waals surface area contributed by atoms with Crippen molar-refractivity contribution in [2.75, 3.05) is 62.7 Å². The van der Waals surface area contributed by atoms with Gasteiger partial charge in [-0.1, -0.05) is 6.07 Å². The van der Waals surface area contributed by atoms with Crippen LogP contribution in [0.1, 0.15) is 28.9 Å². The summed E-state index contributed by atoms with van der Waals surface area (Å²) < 4.78 is 43.8. The minimum absolute atomic E-state index is 0.0635. The van der Waals surface area contributed by atoms with Gasteiger partial charge in [0.25, 0.3) is 5.91 Å². The summed E-state index contributed by atoms with van der Waals surface area (Å²) >= 11 is 0. The Kier molecular flexibility index (Phi) is 7.68. The highest BCUT2D eigenvalue weighted by atomic mass is 19.4. The Morgan fingerprint density at radius 1 is 1.08 bits per heavy atom. The number of rotatable bonds is 5. The minimum Gasteiger partial charge on any atom is -0.389 e. The highest BCUT2D eigenvalue weighted by Crippen LogP contribution is 2.33. The Morgan fingerprint density at radius 2 is 1.82 bits per heavy atom. The molecular weight excluding hydrogens is 515 g/mol. The average Bonchev–Trinajstić information content (AvgIpc) is 3.35. The summed E-state index contributed by atoms with van der Waals surface area (Å²) in [5.41, 5.74) is 3.22. The van der Waals surface area contributed by atoms with Crippen LogP contribution in [0.2, 0.25) is 0 Å². The number of aromatic nitrogens is 1. The summed E-state index contributed by atoms with van der Waals surface area (Å²) in [6.07, 6.45) is -5.35. The molecule has 0 bridgehead atoms. The van der Waals surface area contributed by atoms with Crippen LogP contribution in [-0.4, -0.2) is 96.6 Å². The second-order valence-electron chi connectivity index (χ2n) is 10.4. The Morgan fingerprint density at radius 3 is 2.51 bits per heavy atom. The first-order valence-corrected chi connectivity index (χ1v) is 13.1. The third kappa shape index (κ3) is 6.44. The molecular formula is C27H32F3N5O4. The van der Waals surface area contributed by atoms with Gasteiger partial charge in [-0.3, -0.25) is 4.79 Å². The molecule has 2 N–H and O–H groups in total. The molecule has 39 heavy (non-hydrogen) atoms. The molecule has 1 aromatic heterocycles. The van der Waals surface area contributed by atoms with Gasteiger partial charge < -0.3 is 29.9 Å². The van der Waals surface area contributed by atoms with Crippen LogP contribution in [0, 0.1) is 12.8 Å². The van der Waals surface area contributed by atoms with Gasteiger partial charge in [-0.05, 0) is 60.2 Å². The molecule has 0 saturated carbocycles. The summed E-state index contributed by atoms with van der Waals surface area (Å²) in [6.45, 7) is 5.15. The predicted octanol–water partition coefficient (Wildman–Crippen LogP) is 3.52. The van der Waals surface area contributed by atoms with Crippen molar-refractivity contribution in [3.63, 3.8) is 0 Å². The number of aryl methyl sites for hydroxylation is 1. The SMILES string of the molecule is Cc1ccc(NC(=O)N2CCC(CC(F)(F)F)C2)cc1-c1cc(C(=O)N2CC(O)C2)nc(N2CCOCC2)c1. The second-order valence-corrected chi connectivity index (χ2v) is 10.4. The van der Waals surface area contributed by atoms with Crippen molar-refractivity contribution in [3.05, 3.63) is 41.6 Å². The van der Waals surface area contributed by atoms with Crippen LogP contribution in [-0.2, 0) is 4.74 Å². The van der Waals surface area contributed by atoms with E-state index in [1.54, 1.807) is 23.1 Å². The first-order valence-electron chi connectivity index (χ1n) is 13.1. The number of carbonyl (C=O) groups is 2. The van der Waals surface area contributed by atoms with Gasteiger partial charge >= 0.3 is 12.2 Å². The van der Waals surface area contributed by atoms with Crippen molar-refractivity contribution in [2.24, 2.45) is 5.92 Å². The Hall–Kier alpha value is -3.38. The number of morpholine rings is 1. The Balaban J connectivity index is 1.38. The molecule has 4 heterocycles. The van der Waals surface area contributed by atoms with E-state index in [2.05, 4.69) is 15.2 Å².